The van der Waals surface area contributed by atoms with E-state index in [2.05, 4.69) is 26.6 Å². The van der Waals surface area contributed by atoms with Gasteiger partial charge in [-0.3, -0.25) is 0 Å². The predicted octanol–water partition coefficient (Wildman–Crippen LogP) is 2.69. The van der Waals surface area contributed by atoms with Crippen molar-refractivity contribution < 1.29 is 4.74 Å². The number of halogens is 1. The fourth-order valence-electron chi connectivity index (χ4n) is 1.20. The molecule has 0 aliphatic rings. The van der Waals surface area contributed by atoms with Crippen molar-refractivity contribution in [2.75, 3.05) is 25.6 Å². The van der Waals surface area contributed by atoms with E-state index in [1.54, 1.807) is 7.11 Å². The molecule has 0 radical (unpaired) electrons. The highest BCUT2D eigenvalue weighted by Crippen LogP contribution is 2.19. The van der Waals surface area contributed by atoms with E-state index in [-0.39, 0.29) is 0 Å². The van der Waals surface area contributed by atoms with Crippen LogP contribution in [0.4, 0.5) is 5.69 Å². The Hall–Kier alpha value is -0.650. The minimum Gasteiger partial charge on any atom is -0.383 e. The topological polar surface area (TPSA) is 33.3 Å². The lowest BCUT2D eigenvalue weighted by atomic mass is 10.2. The summed E-state index contributed by atoms with van der Waals surface area (Å²) < 4.78 is 5.99. The monoisotopic (exact) mass is 302 g/mol. The molecule has 0 atom stereocenters. The molecule has 88 valence electrons. The van der Waals surface area contributed by atoms with Crippen LogP contribution in [-0.2, 0) is 4.74 Å². The third-order valence-electron chi connectivity index (χ3n) is 2.03. The molecule has 0 heterocycles. The Balaban J connectivity index is 2.49. The highest BCUT2D eigenvalue weighted by atomic mass is 79.9. The van der Waals surface area contributed by atoms with Gasteiger partial charge in [0.2, 0.25) is 0 Å². The summed E-state index contributed by atoms with van der Waals surface area (Å²) in [5, 5.41) is 6.81. The van der Waals surface area contributed by atoms with E-state index < -0.39 is 0 Å². The van der Waals surface area contributed by atoms with Gasteiger partial charge < -0.3 is 15.4 Å². The molecule has 0 aliphatic heterocycles. The number of hydrogen-bond acceptors (Lipinski definition) is 2. The quantitative estimate of drug-likeness (QED) is 0.662. The van der Waals surface area contributed by atoms with Crippen molar-refractivity contribution in [1.82, 2.24) is 5.32 Å². The van der Waals surface area contributed by atoms with Gasteiger partial charge in [-0.1, -0.05) is 15.9 Å². The largest absolute Gasteiger partial charge is 0.383 e. The van der Waals surface area contributed by atoms with Crippen LogP contribution < -0.4 is 10.6 Å². The second-order valence-corrected chi connectivity index (χ2v) is 4.66. The predicted molar refractivity (Wildman–Crippen MR) is 75.0 cm³/mol. The van der Waals surface area contributed by atoms with Crippen LogP contribution in [0.3, 0.4) is 0 Å². The SMILES string of the molecule is COCCNC(=S)Nc1ccc(Br)cc1C. The highest BCUT2D eigenvalue weighted by Gasteiger charge is 2.00. The van der Waals surface area contributed by atoms with Gasteiger partial charge in [0.1, 0.15) is 0 Å². The number of rotatable bonds is 4. The molecule has 0 aromatic heterocycles. The Labute approximate surface area is 110 Å². The van der Waals surface area contributed by atoms with Gasteiger partial charge in [0.25, 0.3) is 0 Å². The summed E-state index contributed by atoms with van der Waals surface area (Å²) >= 11 is 8.57. The third kappa shape index (κ3) is 4.47. The Bertz CT molecular complexity index is 371. The first-order valence-corrected chi connectivity index (χ1v) is 6.13. The van der Waals surface area contributed by atoms with Gasteiger partial charge in [0.15, 0.2) is 5.11 Å². The molecule has 1 rings (SSSR count). The lowest BCUT2D eigenvalue weighted by Crippen LogP contribution is -2.31. The molecular weight excluding hydrogens is 288 g/mol. The molecule has 16 heavy (non-hydrogen) atoms. The molecule has 0 unspecified atom stereocenters. The number of anilines is 1. The Kier molecular flexibility index (Phi) is 5.73. The van der Waals surface area contributed by atoms with E-state index in [4.69, 9.17) is 17.0 Å². The number of aryl methyl sites for hydroxylation is 1. The Morgan fingerprint density at radius 2 is 2.25 bits per heavy atom. The summed E-state index contributed by atoms with van der Waals surface area (Å²) in [4.78, 5) is 0. The van der Waals surface area contributed by atoms with Crippen LogP contribution in [0.25, 0.3) is 0 Å². The van der Waals surface area contributed by atoms with Gasteiger partial charge in [0.05, 0.1) is 6.61 Å². The molecule has 0 bridgehead atoms. The van der Waals surface area contributed by atoms with Gasteiger partial charge in [-0.2, -0.15) is 0 Å². The summed E-state index contributed by atoms with van der Waals surface area (Å²) in [6.07, 6.45) is 0. The lowest BCUT2D eigenvalue weighted by Gasteiger charge is -2.12. The second kappa shape index (κ2) is 6.83. The molecule has 3 nitrogen and oxygen atoms in total. The van der Waals surface area contributed by atoms with Crippen molar-refractivity contribution in [3.05, 3.63) is 28.2 Å². The second-order valence-electron chi connectivity index (χ2n) is 3.33. The van der Waals surface area contributed by atoms with E-state index >= 15 is 0 Å². The number of thiocarbonyl (C=S) groups is 1. The minimum absolute atomic E-state index is 0.613. The molecule has 0 saturated carbocycles. The summed E-state index contributed by atoms with van der Waals surface area (Å²) in [6, 6.07) is 6.01. The molecule has 0 amide bonds. The minimum atomic E-state index is 0.613. The van der Waals surface area contributed by atoms with E-state index in [1.165, 1.54) is 0 Å². The maximum atomic E-state index is 5.15. The third-order valence-corrected chi connectivity index (χ3v) is 2.77. The van der Waals surface area contributed by atoms with Crippen molar-refractivity contribution in [3.8, 4) is 0 Å². The molecule has 0 saturated heterocycles. The zero-order valence-corrected chi connectivity index (χ0v) is 11.7. The standard InChI is InChI=1S/C11H15BrN2OS/c1-8-7-9(12)3-4-10(8)14-11(16)13-5-6-15-2/h3-4,7H,5-6H2,1-2H3,(H2,13,14,16). The molecule has 5 heteroatoms. The Morgan fingerprint density at radius 3 is 2.88 bits per heavy atom. The van der Waals surface area contributed by atoms with E-state index in [0.29, 0.717) is 18.3 Å². The van der Waals surface area contributed by atoms with Crippen LogP contribution in [-0.4, -0.2) is 25.4 Å². The lowest BCUT2D eigenvalue weighted by molar-refractivity contribution is 0.204. The number of benzene rings is 1. The zero-order chi connectivity index (χ0) is 12.0. The van der Waals surface area contributed by atoms with Gasteiger partial charge in [-0.25, -0.2) is 0 Å². The van der Waals surface area contributed by atoms with Gasteiger partial charge in [-0.05, 0) is 42.9 Å². The average molecular weight is 303 g/mol. The molecule has 0 spiro atoms. The van der Waals surface area contributed by atoms with Gasteiger partial charge >= 0.3 is 0 Å². The summed E-state index contributed by atoms with van der Waals surface area (Å²) in [7, 11) is 1.66. The average Bonchev–Trinajstić information content (AvgIpc) is 2.23. The van der Waals surface area contributed by atoms with Crippen LogP contribution in [0.5, 0.6) is 0 Å². The highest BCUT2D eigenvalue weighted by molar-refractivity contribution is 9.10. The van der Waals surface area contributed by atoms with E-state index in [9.17, 15) is 0 Å². The maximum Gasteiger partial charge on any atom is 0.170 e. The van der Waals surface area contributed by atoms with Crippen molar-refractivity contribution in [2.24, 2.45) is 0 Å². The summed E-state index contributed by atoms with van der Waals surface area (Å²) in [5.41, 5.74) is 2.16. The molecule has 2 N–H and O–H groups in total. The number of ether oxygens (including phenoxy) is 1. The summed E-state index contributed by atoms with van der Waals surface area (Å²) in [6.45, 7) is 3.38. The first kappa shape index (κ1) is 13.4. The maximum absolute atomic E-state index is 5.15. The van der Waals surface area contributed by atoms with Crippen molar-refractivity contribution >= 4 is 38.9 Å². The van der Waals surface area contributed by atoms with Crippen LogP contribution in [0.1, 0.15) is 5.56 Å². The van der Waals surface area contributed by atoms with Crippen LogP contribution in [0.15, 0.2) is 22.7 Å². The number of methoxy groups -OCH3 is 1. The molecule has 1 aromatic carbocycles. The van der Waals surface area contributed by atoms with E-state index in [1.807, 2.05) is 25.1 Å². The van der Waals surface area contributed by atoms with E-state index in [0.717, 1.165) is 15.7 Å². The Morgan fingerprint density at radius 1 is 1.50 bits per heavy atom. The van der Waals surface area contributed by atoms with Crippen molar-refractivity contribution in [2.45, 2.75) is 6.92 Å². The first-order valence-electron chi connectivity index (χ1n) is 4.93. The fourth-order valence-corrected chi connectivity index (χ4v) is 1.89. The fraction of sp³-hybridized carbons (Fsp3) is 0.364. The normalized spacial score (nSPS) is 9.94. The molecule has 0 fully saturated rings. The smallest absolute Gasteiger partial charge is 0.170 e. The zero-order valence-electron chi connectivity index (χ0n) is 9.34. The van der Waals surface area contributed by atoms with Gasteiger partial charge in [0, 0.05) is 23.8 Å². The first-order chi connectivity index (χ1) is 7.63. The van der Waals surface area contributed by atoms with Gasteiger partial charge in [-0.15, -0.1) is 0 Å². The molecule has 0 aliphatic carbocycles. The molecular formula is C11H15BrN2OS. The van der Waals surface area contributed by atoms with Crippen LogP contribution in [0.2, 0.25) is 0 Å². The summed E-state index contributed by atoms with van der Waals surface area (Å²) in [5.74, 6) is 0. The molecule has 1 aromatic rings. The van der Waals surface area contributed by atoms with Crippen LogP contribution >= 0.6 is 28.1 Å². The van der Waals surface area contributed by atoms with Crippen molar-refractivity contribution in [3.63, 3.8) is 0 Å². The number of nitrogens with one attached hydrogen (secondary N) is 2. The number of hydrogen-bond donors (Lipinski definition) is 2. The van der Waals surface area contributed by atoms with Crippen LogP contribution in [0, 0.1) is 6.92 Å². The van der Waals surface area contributed by atoms with Crippen molar-refractivity contribution in [1.29, 1.82) is 0 Å².